The molecule has 0 saturated carbocycles. The first kappa shape index (κ1) is 11.6. The first-order valence-electron chi connectivity index (χ1n) is 4.64. The Bertz CT molecular complexity index is 577. The van der Waals surface area contributed by atoms with Gasteiger partial charge in [0, 0.05) is 0 Å². The highest BCUT2D eigenvalue weighted by atomic mass is 19.1. The number of rotatable bonds is 1. The van der Waals surface area contributed by atoms with E-state index in [1.807, 2.05) is 0 Å². The first-order valence-corrected chi connectivity index (χ1v) is 4.64. The van der Waals surface area contributed by atoms with E-state index >= 15 is 0 Å². The van der Waals surface area contributed by atoms with Crippen molar-refractivity contribution in [1.82, 2.24) is 9.55 Å². The van der Waals surface area contributed by atoms with Crippen LogP contribution in [0.5, 0.6) is 0 Å². The molecule has 0 unspecified atom stereocenters. The number of hydrogen-bond donors (Lipinski definition) is 3. The third kappa shape index (κ3) is 1.77. The van der Waals surface area contributed by atoms with Gasteiger partial charge in [-0.05, 0) is 0 Å². The van der Waals surface area contributed by atoms with Gasteiger partial charge >= 0.3 is 5.69 Å². The van der Waals surface area contributed by atoms with Crippen LogP contribution in [0.2, 0.25) is 0 Å². The Hall–Kier alpha value is -1.93. The molecule has 1 aromatic rings. The second-order valence-corrected chi connectivity index (χ2v) is 3.55. The normalized spacial score (nSPS) is 28.2. The van der Waals surface area contributed by atoms with Crippen LogP contribution < -0.4 is 11.2 Å². The molecule has 0 amide bonds. The maximum atomic E-state index is 13.0. The third-order valence-corrected chi connectivity index (χ3v) is 2.42. The lowest BCUT2D eigenvalue weighted by atomic mass is 10.2. The van der Waals surface area contributed by atoms with E-state index < -0.39 is 35.5 Å². The van der Waals surface area contributed by atoms with Gasteiger partial charge in [0.15, 0.2) is 0 Å². The number of aliphatic hydroxyl groups is 2. The molecule has 0 aliphatic carbocycles. The Labute approximate surface area is 93.4 Å². The van der Waals surface area contributed by atoms with Gasteiger partial charge in [-0.1, -0.05) is 6.58 Å². The molecule has 0 spiro atoms. The maximum absolute atomic E-state index is 13.0. The topological polar surface area (TPSA) is 105 Å². The molecule has 3 atom stereocenters. The van der Waals surface area contributed by atoms with Crippen molar-refractivity contribution in [1.29, 1.82) is 0 Å². The lowest BCUT2D eigenvalue weighted by Gasteiger charge is -2.16. The van der Waals surface area contributed by atoms with Crippen LogP contribution in [-0.4, -0.2) is 32.0 Å². The van der Waals surface area contributed by atoms with Crippen molar-refractivity contribution >= 4 is 0 Å². The highest BCUT2D eigenvalue weighted by Gasteiger charge is 2.40. The maximum Gasteiger partial charge on any atom is 0.331 e. The van der Waals surface area contributed by atoms with E-state index in [1.165, 1.54) is 0 Å². The smallest absolute Gasteiger partial charge is 0.331 e. The molecule has 0 radical (unpaired) electrons. The van der Waals surface area contributed by atoms with Gasteiger partial charge in [-0.15, -0.1) is 0 Å². The van der Waals surface area contributed by atoms with Crippen molar-refractivity contribution in [2.45, 2.75) is 18.4 Å². The molecule has 2 rings (SSSR count). The van der Waals surface area contributed by atoms with Gasteiger partial charge in [-0.2, -0.15) is 4.39 Å². The van der Waals surface area contributed by atoms with Gasteiger partial charge in [0.2, 0.25) is 12.0 Å². The molecule has 1 saturated heterocycles. The fourth-order valence-corrected chi connectivity index (χ4v) is 1.51. The van der Waals surface area contributed by atoms with Gasteiger partial charge in [-0.3, -0.25) is 14.3 Å². The average Bonchev–Trinajstić information content (AvgIpc) is 2.51. The molecule has 17 heavy (non-hydrogen) atoms. The Morgan fingerprint density at radius 3 is 2.65 bits per heavy atom. The van der Waals surface area contributed by atoms with E-state index in [1.54, 1.807) is 4.98 Å². The minimum Gasteiger partial charge on any atom is -0.469 e. The standard InChI is InChI=1S/C9H9FN2O5/c1-3-5(13)6(14)8(17-3)12-2-4(10)7(15)11-9(12)16/h2,5-6,8,13-14H,1H2,(H,11,15,16)/t5-,6-,8-/m1/s1. The van der Waals surface area contributed by atoms with E-state index in [0.29, 0.717) is 10.8 Å². The number of nitrogens with zero attached hydrogens (tertiary/aromatic N) is 1. The predicted molar refractivity (Wildman–Crippen MR) is 52.6 cm³/mol. The molecular formula is C9H9FN2O5. The molecule has 1 fully saturated rings. The fourth-order valence-electron chi connectivity index (χ4n) is 1.51. The summed E-state index contributed by atoms with van der Waals surface area (Å²) in [5.74, 6) is -1.34. The van der Waals surface area contributed by atoms with Crippen LogP contribution in [0.1, 0.15) is 6.23 Å². The van der Waals surface area contributed by atoms with Crippen molar-refractivity contribution in [2.24, 2.45) is 0 Å². The summed E-state index contributed by atoms with van der Waals surface area (Å²) in [6.07, 6.45) is -3.57. The lowest BCUT2D eigenvalue weighted by molar-refractivity contribution is -0.0168. The summed E-state index contributed by atoms with van der Waals surface area (Å²) in [5, 5.41) is 18.9. The summed E-state index contributed by atoms with van der Waals surface area (Å²) in [6, 6.07) is 0. The van der Waals surface area contributed by atoms with Crippen molar-refractivity contribution in [3.05, 3.63) is 45.2 Å². The monoisotopic (exact) mass is 244 g/mol. The largest absolute Gasteiger partial charge is 0.469 e. The van der Waals surface area contributed by atoms with Gasteiger partial charge < -0.3 is 14.9 Å². The number of H-pyrrole nitrogens is 1. The van der Waals surface area contributed by atoms with E-state index in [-0.39, 0.29) is 5.76 Å². The number of aromatic amines is 1. The van der Waals surface area contributed by atoms with Crippen LogP contribution >= 0.6 is 0 Å². The Morgan fingerprint density at radius 2 is 2.12 bits per heavy atom. The molecule has 0 bridgehead atoms. The summed E-state index contributed by atoms with van der Waals surface area (Å²) < 4.78 is 18.6. The molecule has 1 aliphatic rings. The van der Waals surface area contributed by atoms with E-state index in [4.69, 9.17) is 4.74 Å². The first-order chi connectivity index (χ1) is 7.91. The van der Waals surface area contributed by atoms with Gasteiger partial charge in [-0.25, -0.2) is 4.79 Å². The van der Waals surface area contributed by atoms with E-state index in [2.05, 4.69) is 6.58 Å². The number of aromatic nitrogens is 2. The molecule has 8 heteroatoms. The Balaban J connectivity index is 2.49. The number of halogens is 1. The zero-order valence-electron chi connectivity index (χ0n) is 8.46. The Kier molecular flexibility index (Phi) is 2.60. The summed E-state index contributed by atoms with van der Waals surface area (Å²) in [4.78, 5) is 23.9. The summed E-state index contributed by atoms with van der Waals surface area (Å²) in [7, 11) is 0. The van der Waals surface area contributed by atoms with Gasteiger partial charge in [0.25, 0.3) is 5.56 Å². The van der Waals surface area contributed by atoms with Crippen molar-refractivity contribution < 1.29 is 19.3 Å². The summed E-state index contributed by atoms with van der Waals surface area (Å²) >= 11 is 0. The summed E-state index contributed by atoms with van der Waals surface area (Å²) in [5.41, 5.74) is -2.12. The van der Waals surface area contributed by atoms with Crippen molar-refractivity contribution in [3.63, 3.8) is 0 Å². The second-order valence-electron chi connectivity index (χ2n) is 3.55. The zero-order chi connectivity index (χ0) is 12.7. The van der Waals surface area contributed by atoms with Crippen molar-refractivity contribution in [2.75, 3.05) is 0 Å². The minimum absolute atomic E-state index is 0.138. The Morgan fingerprint density at radius 1 is 1.47 bits per heavy atom. The molecule has 3 N–H and O–H groups in total. The van der Waals surface area contributed by atoms with Crippen LogP contribution in [0.3, 0.4) is 0 Å². The molecule has 1 aliphatic heterocycles. The predicted octanol–water partition coefficient (Wildman–Crippen LogP) is -1.56. The fraction of sp³-hybridized carbons (Fsp3) is 0.333. The molecule has 1 aromatic heterocycles. The molecule has 0 aromatic carbocycles. The van der Waals surface area contributed by atoms with E-state index in [9.17, 15) is 24.2 Å². The lowest BCUT2D eigenvalue weighted by Crippen LogP contribution is -2.38. The van der Waals surface area contributed by atoms with Gasteiger partial charge in [0.05, 0.1) is 6.20 Å². The number of aliphatic hydroxyl groups excluding tert-OH is 2. The SMILES string of the molecule is C=C1O[C@@H](n2cc(F)c(=O)[nH]c2=O)[C@H](O)[C@@H]1O. The van der Waals surface area contributed by atoms with Gasteiger partial charge in [0.1, 0.15) is 18.0 Å². The van der Waals surface area contributed by atoms with Crippen LogP contribution in [0, 0.1) is 5.82 Å². The number of nitrogens with one attached hydrogen (secondary N) is 1. The minimum atomic E-state index is -1.47. The average molecular weight is 244 g/mol. The molecule has 2 heterocycles. The zero-order valence-corrected chi connectivity index (χ0v) is 8.46. The van der Waals surface area contributed by atoms with Crippen LogP contribution in [0.4, 0.5) is 4.39 Å². The molecular weight excluding hydrogens is 235 g/mol. The quantitative estimate of drug-likeness (QED) is 0.554. The van der Waals surface area contributed by atoms with E-state index in [0.717, 1.165) is 0 Å². The van der Waals surface area contributed by atoms with Crippen LogP contribution in [0.15, 0.2) is 28.1 Å². The number of ether oxygens (including phenoxy) is 1. The second kappa shape index (κ2) is 3.82. The third-order valence-electron chi connectivity index (χ3n) is 2.42. The highest BCUT2D eigenvalue weighted by molar-refractivity contribution is 5.05. The molecule has 7 nitrogen and oxygen atoms in total. The van der Waals surface area contributed by atoms with Crippen molar-refractivity contribution in [3.8, 4) is 0 Å². The number of hydrogen-bond acceptors (Lipinski definition) is 5. The van der Waals surface area contributed by atoms with Crippen LogP contribution in [0.25, 0.3) is 0 Å². The summed E-state index contributed by atoms with van der Waals surface area (Å²) in [6.45, 7) is 3.32. The highest BCUT2D eigenvalue weighted by Crippen LogP contribution is 2.29. The molecule has 92 valence electrons. The van der Waals surface area contributed by atoms with Crippen LogP contribution in [-0.2, 0) is 4.74 Å².